The van der Waals surface area contributed by atoms with Gasteiger partial charge in [-0.15, -0.1) is 0 Å². The molecule has 0 N–H and O–H groups in total. The fourth-order valence-electron chi connectivity index (χ4n) is 6.86. The molecule has 3 aliphatic rings. The van der Waals surface area contributed by atoms with Gasteiger partial charge in [-0.2, -0.15) is 15.1 Å². The lowest BCUT2D eigenvalue weighted by molar-refractivity contribution is -0.0367. The van der Waals surface area contributed by atoms with Crippen LogP contribution < -0.4 is 14.4 Å². The maximum atomic E-state index is 15.9. The van der Waals surface area contributed by atoms with E-state index in [4.69, 9.17) is 35.5 Å². The first-order valence-electron chi connectivity index (χ1n) is 17.4. The van der Waals surface area contributed by atoms with Gasteiger partial charge in [0.05, 0.1) is 22.5 Å². The molecule has 16 heteroatoms. The number of likely N-dealkylation sites (tertiary alicyclic amines) is 1. The highest BCUT2D eigenvalue weighted by Crippen LogP contribution is 2.42. The first-order valence-corrected chi connectivity index (χ1v) is 17.8. The number of benzene rings is 1. The summed E-state index contributed by atoms with van der Waals surface area (Å²) in [5, 5.41) is 5.31. The van der Waals surface area contributed by atoms with Crippen molar-refractivity contribution in [3.63, 3.8) is 0 Å². The number of anilines is 1. The molecule has 4 aromatic rings. The third kappa shape index (κ3) is 7.61. The van der Waals surface area contributed by atoms with E-state index in [0.29, 0.717) is 67.7 Å². The van der Waals surface area contributed by atoms with Crippen molar-refractivity contribution in [2.24, 2.45) is 0 Å². The van der Waals surface area contributed by atoms with Crippen LogP contribution >= 0.6 is 11.6 Å². The third-order valence-corrected chi connectivity index (χ3v) is 9.68. The first kappa shape index (κ1) is 35.3. The number of carbonyl (C=O) groups excluding carboxylic acids is 1. The quantitative estimate of drug-likeness (QED) is 0.207. The van der Waals surface area contributed by atoms with E-state index in [9.17, 15) is 4.79 Å². The molecular weight excluding hydrogens is 686 g/mol. The van der Waals surface area contributed by atoms with Crippen LogP contribution in [0.4, 0.5) is 19.4 Å². The fourth-order valence-corrected chi connectivity index (χ4v) is 7.06. The second kappa shape index (κ2) is 14.2. The molecule has 3 fully saturated rings. The van der Waals surface area contributed by atoms with E-state index >= 15 is 8.78 Å². The van der Waals surface area contributed by atoms with E-state index in [-0.39, 0.29) is 53.7 Å². The minimum absolute atomic E-state index is 0.0234. The Hall–Kier alpha value is -4.08. The van der Waals surface area contributed by atoms with Crippen LogP contribution in [0.25, 0.3) is 21.8 Å². The highest BCUT2D eigenvalue weighted by atomic mass is 35.5. The maximum Gasteiger partial charge on any atom is 0.410 e. The maximum absolute atomic E-state index is 15.9. The summed E-state index contributed by atoms with van der Waals surface area (Å²) in [6.45, 7) is 8.50. The number of fused-ring (bicyclic) bond motifs is 2. The third-order valence-electron chi connectivity index (χ3n) is 9.33. The Morgan fingerprint density at radius 3 is 2.65 bits per heavy atom. The number of aromatic nitrogens is 5. The molecule has 3 aliphatic heterocycles. The Kier molecular flexibility index (Phi) is 9.80. The molecule has 0 saturated carbocycles. The van der Waals surface area contributed by atoms with Gasteiger partial charge in [0.1, 0.15) is 34.4 Å². The number of piperazine rings is 1. The summed E-state index contributed by atoms with van der Waals surface area (Å²) in [4.78, 5) is 32.3. The normalized spacial score (nSPS) is 22.1. The standard InChI is InChI=1S/C35H43ClF2N8O5/c1-34(2,3)51-33(47)45-15-13-44(14-16-45)30-22-9-11-39-31(28(22)41-32(42-30)49-21-35(38)10-7-12-43(4)20-35)50-29-23-19-40-46(26-8-5-6-17-48-26)25(23)18-24(37)27(29)36/h9,11,18-19,26H,5-8,10,12-17,20-21H2,1-4H3/t26?,35-/m0/s1. The Labute approximate surface area is 299 Å². The summed E-state index contributed by atoms with van der Waals surface area (Å²) < 4.78 is 56.8. The molecule has 0 aliphatic carbocycles. The Bertz CT molecular complexity index is 1910. The van der Waals surface area contributed by atoms with Crippen LogP contribution in [-0.2, 0) is 9.47 Å². The summed E-state index contributed by atoms with van der Waals surface area (Å²) in [7, 11) is 1.88. The van der Waals surface area contributed by atoms with Crippen LogP contribution in [0.5, 0.6) is 17.6 Å². The zero-order valence-corrected chi connectivity index (χ0v) is 30.1. The minimum atomic E-state index is -1.58. The van der Waals surface area contributed by atoms with Crippen molar-refractivity contribution in [3.8, 4) is 17.6 Å². The second-order valence-corrected chi connectivity index (χ2v) is 14.9. The Balaban J connectivity index is 1.25. The molecule has 1 amide bonds. The van der Waals surface area contributed by atoms with Crippen molar-refractivity contribution >= 4 is 45.3 Å². The van der Waals surface area contributed by atoms with Gasteiger partial charge in [-0.1, -0.05) is 11.6 Å². The lowest BCUT2D eigenvalue weighted by atomic mass is 9.96. The summed E-state index contributed by atoms with van der Waals surface area (Å²) in [6, 6.07) is 3.01. The van der Waals surface area contributed by atoms with Gasteiger partial charge in [-0.05, 0) is 72.5 Å². The van der Waals surface area contributed by atoms with Crippen LogP contribution in [0, 0.1) is 5.82 Å². The number of halogens is 3. The molecule has 3 saturated heterocycles. The molecule has 2 atom stereocenters. The number of alkyl halides is 1. The zero-order valence-electron chi connectivity index (χ0n) is 29.3. The van der Waals surface area contributed by atoms with Gasteiger partial charge >= 0.3 is 12.1 Å². The van der Waals surface area contributed by atoms with Crippen LogP contribution in [0.1, 0.15) is 59.1 Å². The second-order valence-electron chi connectivity index (χ2n) is 14.5. The largest absolute Gasteiger partial charge is 0.460 e. The molecule has 1 aromatic carbocycles. The molecule has 6 heterocycles. The van der Waals surface area contributed by atoms with E-state index < -0.39 is 17.1 Å². The molecule has 0 spiro atoms. The monoisotopic (exact) mass is 728 g/mol. The van der Waals surface area contributed by atoms with Crippen LogP contribution in [0.15, 0.2) is 24.5 Å². The molecule has 3 aromatic heterocycles. The predicted molar refractivity (Wildman–Crippen MR) is 187 cm³/mol. The lowest BCUT2D eigenvalue weighted by Crippen LogP contribution is -2.50. The molecule has 1 unspecified atom stereocenters. The number of hydrogen-bond donors (Lipinski definition) is 0. The number of amides is 1. The molecular formula is C35H43ClF2N8O5. The summed E-state index contributed by atoms with van der Waals surface area (Å²) in [5.74, 6) is -0.145. The van der Waals surface area contributed by atoms with Crippen molar-refractivity contribution in [2.75, 3.05) is 64.4 Å². The van der Waals surface area contributed by atoms with Gasteiger partial charge < -0.3 is 33.6 Å². The van der Waals surface area contributed by atoms with Crippen molar-refractivity contribution < 1.29 is 32.5 Å². The molecule has 7 rings (SSSR count). The van der Waals surface area contributed by atoms with E-state index in [1.807, 2.05) is 37.6 Å². The highest BCUT2D eigenvalue weighted by Gasteiger charge is 2.36. The van der Waals surface area contributed by atoms with E-state index in [2.05, 4.69) is 15.1 Å². The number of ether oxygens (including phenoxy) is 4. The smallest absolute Gasteiger partial charge is 0.410 e. The van der Waals surface area contributed by atoms with E-state index in [1.54, 1.807) is 28.0 Å². The summed E-state index contributed by atoms with van der Waals surface area (Å²) >= 11 is 6.54. The zero-order chi connectivity index (χ0) is 35.9. The van der Waals surface area contributed by atoms with Gasteiger partial charge in [0.15, 0.2) is 17.6 Å². The Morgan fingerprint density at radius 2 is 1.92 bits per heavy atom. The summed E-state index contributed by atoms with van der Waals surface area (Å²) in [6.07, 6.45) is 6.11. The Morgan fingerprint density at radius 1 is 1.12 bits per heavy atom. The van der Waals surface area contributed by atoms with Crippen molar-refractivity contribution in [1.29, 1.82) is 0 Å². The number of hydrogen-bond acceptors (Lipinski definition) is 11. The SMILES string of the molecule is CN1CCC[C@@](F)(COc2nc(N3CCN(C(=O)OC(C)(C)C)CC3)c3ccnc(Oc4c(Cl)c(F)cc5c4cnn5C4CCCCO4)c3n2)C1. The van der Waals surface area contributed by atoms with E-state index in [0.717, 1.165) is 25.8 Å². The average Bonchev–Trinajstić information content (AvgIpc) is 3.52. The minimum Gasteiger partial charge on any atom is -0.460 e. The fraction of sp³-hybridized carbons (Fsp3) is 0.571. The summed E-state index contributed by atoms with van der Waals surface area (Å²) in [5.41, 5.74) is -1.47. The molecule has 13 nitrogen and oxygen atoms in total. The van der Waals surface area contributed by atoms with Gasteiger partial charge in [-0.3, -0.25) is 0 Å². The number of carbonyl (C=O) groups is 1. The first-order chi connectivity index (χ1) is 24.4. The van der Waals surface area contributed by atoms with Gasteiger partial charge in [0.2, 0.25) is 5.88 Å². The average molecular weight is 729 g/mol. The molecule has 51 heavy (non-hydrogen) atoms. The van der Waals surface area contributed by atoms with Gasteiger partial charge in [0.25, 0.3) is 0 Å². The molecule has 0 radical (unpaired) electrons. The number of pyridine rings is 1. The van der Waals surface area contributed by atoms with Crippen LogP contribution in [0.3, 0.4) is 0 Å². The van der Waals surface area contributed by atoms with Gasteiger partial charge in [0, 0.05) is 51.6 Å². The molecule has 274 valence electrons. The van der Waals surface area contributed by atoms with Crippen molar-refractivity contribution in [3.05, 3.63) is 35.4 Å². The topological polar surface area (TPSA) is 120 Å². The number of nitrogens with zero attached hydrogens (tertiary/aromatic N) is 8. The number of rotatable bonds is 7. The number of piperidine rings is 1. The van der Waals surface area contributed by atoms with Crippen molar-refractivity contribution in [1.82, 2.24) is 34.5 Å². The highest BCUT2D eigenvalue weighted by molar-refractivity contribution is 6.33. The van der Waals surface area contributed by atoms with Crippen LogP contribution in [-0.4, -0.2) is 111 Å². The predicted octanol–water partition coefficient (Wildman–Crippen LogP) is 6.53. The van der Waals surface area contributed by atoms with Gasteiger partial charge in [-0.25, -0.2) is 23.2 Å². The van der Waals surface area contributed by atoms with Crippen molar-refractivity contribution in [2.45, 2.75) is 70.4 Å². The van der Waals surface area contributed by atoms with E-state index in [1.165, 1.54) is 6.07 Å². The van der Waals surface area contributed by atoms with Crippen LogP contribution in [0.2, 0.25) is 5.02 Å². The molecule has 0 bridgehead atoms. The lowest BCUT2D eigenvalue weighted by Gasteiger charge is -2.36.